The average molecular weight is 467 g/mol. The van der Waals surface area contributed by atoms with E-state index in [-0.39, 0.29) is 11.6 Å². The van der Waals surface area contributed by atoms with Crippen LogP contribution >= 0.6 is 0 Å². The largest absolute Gasteiger partial charge is 0.475 e. The van der Waals surface area contributed by atoms with E-state index in [0.717, 1.165) is 41.9 Å². The van der Waals surface area contributed by atoms with E-state index in [1.165, 1.54) is 0 Å². The Hall–Kier alpha value is -4.22. The SMILES string of the molecule is [C-]#[N+]c1ccc(-c2nc(OC[C@@H]3CCNC3)c3nc(C(=O)NC)cn3c2-c2ccc(C)cc2)cc1. The van der Waals surface area contributed by atoms with Gasteiger partial charge in [0.05, 0.1) is 24.6 Å². The van der Waals surface area contributed by atoms with Crippen LogP contribution in [0.1, 0.15) is 22.5 Å². The van der Waals surface area contributed by atoms with E-state index in [1.54, 1.807) is 25.4 Å². The van der Waals surface area contributed by atoms with Gasteiger partial charge in [-0.1, -0.05) is 54.1 Å². The van der Waals surface area contributed by atoms with Crippen molar-refractivity contribution in [3.05, 3.63) is 77.4 Å². The molecule has 0 aliphatic carbocycles. The second-order valence-electron chi connectivity index (χ2n) is 8.71. The third kappa shape index (κ3) is 4.46. The number of benzene rings is 2. The Labute approximate surface area is 203 Å². The minimum atomic E-state index is -0.280. The molecule has 0 unspecified atom stereocenters. The summed E-state index contributed by atoms with van der Waals surface area (Å²) >= 11 is 0. The summed E-state index contributed by atoms with van der Waals surface area (Å²) in [5.74, 6) is 0.494. The summed E-state index contributed by atoms with van der Waals surface area (Å²) in [6, 6.07) is 15.5. The standard InChI is InChI=1S/C27H26N6O2/c1-17-4-6-20(7-5-17)24-23(19-8-10-21(28-2)11-9-19)32-27(35-16-18-12-13-30-14-18)25-31-22(15-33(24)25)26(34)29-3/h4-11,15,18,30H,12-14,16H2,1,3H3,(H,29,34)/t18-/m1/s1. The second-order valence-corrected chi connectivity index (χ2v) is 8.71. The van der Waals surface area contributed by atoms with Gasteiger partial charge in [0, 0.05) is 31.3 Å². The number of amides is 1. The van der Waals surface area contributed by atoms with Gasteiger partial charge >= 0.3 is 0 Å². The number of hydrogen-bond acceptors (Lipinski definition) is 5. The summed E-state index contributed by atoms with van der Waals surface area (Å²) in [6.45, 7) is 11.7. The zero-order valence-electron chi connectivity index (χ0n) is 19.7. The molecule has 1 atom stereocenters. The normalized spacial score (nSPS) is 15.2. The summed E-state index contributed by atoms with van der Waals surface area (Å²) < 4.78 is 8.12. The van der Waals surface area contributed by atoms with Crippen molar-refractivity contribution in [3.63, 3.8) is 0 Å². The Morgan fingerprint density at radius 2 is 1.91 bits per heavy atom. The van der Waals surface area contributed by atoms with Crippen molar-refractivity contribution in [1.82, 2.24) is 25.0 Å². The maximum Gasteiger partial charge on any atom is 0.271 e. The minimum absolute atomic E-state index is 0.280. The van der Waals surface area contributed by atoms with Crippen molar-refractivity contribution in [2.24, 2.45) is 5.92 Å². The molecule has 1 aliphatic heterocycles. The number of aromatic nitrogens is 3. The third-order valence-corrected chi connectivity index (χ3v) is 6.25. The number of imidazole rings is 1. The number of fused-ring (bicyclic) bond motifs is 1. The fourth-order valence-corrected chi connectivity index (χ4v) is 4.29. The van der Waals surface area contributed by atoms with Gasteiger partial charge in [-0.2, -0.15) is 0 Å². The van der Waals surface area contributed by atoms with Crippen molar-refractivity contribution in [2.45, 2.75) is 13.3 Å². The van der Waals surface area contributed by atoms with Crippen LogP contribution < -0.4 is 15.4 Å². The lowest BCUT2D eigenvalue weighted by Crippen LogP contribution is -2.18. The Morgan fingerprint density at radius 3 is 2.57 bits per heavy atom. The molecule has 1 aliphatic rings. The molecule has 4 aromatic rings. The lowest BCUT2D eigenvalue weighted by molar-refractivity contribution is 0.0959. The molecule has 0 radical (unpaired) electrons. The van der Waals surface area contributed by atoms with Crippen LogP contribution in [-0.4, -0.2) is 47.0 Å². The molecule has 8 nitrogen and oxygen atoms in total. The highest BCUT2D eigenvalue weighted by atomic mass is 16.5. The van der Waals surface area contributed by atoms with Gasteiger partial charge in [-0.3, -0.25) is 9.20 Å². The highest BCUT2D eigenvalue weighted by Crippen LogP contribution is 2.36. The molecule has 0 saturated carbocycles. The number of nitrogens with one attached hydrogen (secondary N) is 2. The van der Waals surface area contributed by atoms with E-state index >= 15 is 0 Å². The molecule has 2 aromatic heterocycles. The van der Waals surface area contributed by atoms with E-state index in [2.05, 4.69) is 20.5 Å². The first-order chi connectivity index (χ1) is 17.1. The van der Waals surface area contributed by atoms with Crippen LogP contribution in [0.4, 0.5) is 5.69 Å². The van der Waals surface area contributed by atoms with E-state index in [4.69, 9.17) is 16.3 Å². The maximum atomic E-state index is 12.5. The van der Waals surface area contributed by atoms with Gasteiger partial charge in [0.25, 0.3) is 11.8 Å². The smallest absolute Gasteiger partial charge is 0.271 e. The first kappa shape index (κ1) is 22.6. The molecular weight excluding hydrogens is 440 g/mol. The lowest BCUT2D eigenvalue weighted by atomic mass is 10.0. The quantitative estimate of drug-likeness (QED) is 0.415. The molecule has 176 valence electrons. The number of nitrogens with zero attached hydrogens (tertiary/aromatic N) is 4. The van der Waals surface area contributed by atoms with E-state index in [0.29, 0.717) is 35.4 Å². The predicted molar refractivity (Wildman–Crippen MR) is 135 cm³/mol. The molecule has 3 heterocycles. The van der Waals surface area contributed by atoms with Crippen LogP contribution in [0.2, 0.25) is 0 Å². The molecule has 0 bridgehead atoms. The van der Waals surface area contributed by atoms with Crippen LogP contribution in [0.15, 0.2) is 54.7 Å². The highest BCUT2D eigenvalue weighted by molar-refractivity contribution is 5.93. The molecular formula is C27H26N6O2. The summed E-state index contributed by atoms with van der Waals surface area (Å²) in [7, 11) is 1.58. The Balaban J connectivity index is 1.74. The van der Waals surface area contributed by atoms with Gasteiger partial charge in [-0.05, 0) is 25.5 Å². The van der Waals surface area contributed by atoms with Crippen LogP contribution in [0.5, 0.6) is 5.88 Å². The van der Waals surface area contributed by atoms with Crippen LogP contribution in [-0.2, 0) is 0 Å². The Morgan fingerprint density at radius 1 is 1.17 bits per heavy atom. The molecule has 2 N–H and O–H groups in total. The van der Waals surface area contributed by atoms with E-state index in [9.17, 15) is 4.79 Å². The van der Waals surface area contributed by atoms with Crippen molar-refractivity contribution in [1.29, 1.82) is 0 Å². The molecule has 8 heteroatoms. The number of hydrogen-bond donors (Lipinski definition) is 2. The number of aryl methyl sites for hydroxylation is 1. The Kier molecular flexibility index (Phi) is 6.17. The molecule has 1 saturated heterocycles. The zero-order valence-corrected chi connectivity index (χ0v) is 19.7. The molecule has 0 spiro atoms. The molecule has 1 fully saturated rings. The zero-order chi connectivity index (χ0) is 24.4. The third-order valence-electron chi connectivity index (χ3n) is 6.25. The number of rotatable bonds is 6. The highest BCUT2D eigenvalue weighted by Gasteiger charge is 2.23. The second kappa shape index (κ2) is 9.57. The van der Waals surface area contributed by atoms with Gasteiger partial charge in [-0.15, -0.1) is 0 Å². The first-order valence-corrected chi connectivity index (χ1v) is 11.6. The fraction of sp³-hybridized carbons (Fsp3) is 0.259. The van der Waals surface area contributed by atoms with Crippen molar-refractivity contribution >= 4 is 17.2 Å². The lowest BCUT2D eigenvalue weighted by Gasteiger charge is -2.17. The average Bonchev–Trinajstić information content (AvgIpc) is 3.58. The first-order valence-electron chi connectivity index (χ1n) is 11.6. The maximum absolute atomic E-state index is 12.5. The minimum Gasteiger partial charge on any atom is -0.475 e. The molecule has 5 rings (SSSR count). The van der Waals surface area contributed by atoms with E-state index < -0.39 is 0 Å². The summed E-state index contributed by atoms with van der Waals surface area (Å²) in [6.07, 6.45) is 2.77. The van der Waals surface area contributed by atoms with Crippen LogP contribution in [0.3, 0.4) is 0 Å². The van der Waals surface area contributed by atoms with Gasteiger partial charge in [0.15, 0.2) is 5.69 Å². The summed E-state index contributed by atoms with van der Waals surface area (Å²) in [5.41, 5.74) is 5.75. The predicted octanol–water partition coefficient (Wildman–Crippen LogP) is 4.27. The van der Waals surface area contributed by atoms with Gasteiger partial charge in [-0.25, -0.2) is 14.8 Å². The van der Waals surface area contributed by atoms with Crippen molar-refractivity contribution in [3.8, 4) is 28.4 Å². The van der Waals surface area contributed by atoms with Gasteiger partial charge in [0.1, 0.15) is 5.69 Å². The monoisotopic (exact) mass is 466 g/mol. The van der Waals surface area contributed by atoms with Crippen molar-refractivity contribution in [2.75, 3.05) is 26.7 Å². The Bertz CT molecular complexity index is 1410. The fourth-order valence-electron chi connectivity index (χ4n) is 4.29. The van der Waals surface area contributed by atoms with Crippen LogP contribution in [0.25, 0.3) is 33.0 Å². The van der Waals surface area contributed by atoms with Crippen molar-refractivity contribution < 1.29 is 9.53 Å². The summed E-state index contributed by atoms with van der Waals surface area (Å²) in [5, 5.41) is 6.01. The van der Waals surface area contributed by atoms with E-state index in [1.807, 2.05) is 47.7 Å². The number of carbonyl (C=O) groups excluding carboxylic acids is 1. The number of ether oxygens (including phenoxy) is 1. The molecule has 2 aromatic carbocycles. The molecule has 35 heavy (non-hydrogen) atoms. The topological polar surface area (TPSA) is 84.9 Å². The number of carbonyl (C=O) groups is 1. The van der Waals surface area contributed by atoms with Gasteiger partial charge in [0.2, 0.25) is 5.65 Å². The van der Waals surface area contributed by atoms with Crippen LogP contribution in [0, 0.1) is 19.4 Å². The summed E-state index contributed by atoms with van der Waals surface area (Å²) in [4.78, 5) is 25.6. The molecule has 1 amide bonds. The van der Waals surface area contributed by atoms with Gasteiger partial charge < -0.3 is 15.4 Å².